The smallest absolute Gasteiger partial charge is 0.165 e. The lowest BCUT2D eigenvalue weighted by Gasteiger charge is -2.14. The SMILES string of the molecule is c1ccc(-c2nc(-c3ccccc3)nc(-c3ccc(-n4c5ccccc5c5c6c7ccccc7n(-c7ccccc7)c6ccc54)c4c3sc3ccccc34)n2)cc1. The fourth-order valence-electron chi connectivity index (χ4n) is 8.74. The van der Waals surface area contributed by atoms with Gasteiger partial charge in [0.2, 0.25) is 0 Å². The topological polar surface area (TPSA) is 48.5 Å². The molecule has 0 fully saturated rings. The van der Waals surface area contributed by atoms with Crippen molar-refractivity contribution in [2.45, 2.75) is 0 Å². The maximum Gasteiger partial charge on any atom is 0.165 e. The van der Waals surface area contributed by atoms with Crippen molar-refractivity contribution in [3.63, 3.8) is 0 Å². The second kappa shape index (κ2) is 12.6. The molecular weight excluding hydrogens is 715 g/mol. The minimum Gasteiger partial charge on any atom is -0.309 e. The molecule has 0 aliphatic heterocycles. The van der Waals surface area contributed by atoms with E-state index in [1.165, 1.54) is 59.1 Å². The lowest BCUT2D eigenvalue weighted by molar-refractivity contribution is 1.08. The highest BCUT2D eigenvalue weighted by Gasteiger charge is 2.24. The Labute approximate surface area is 331 Å². The van der Waals surface area contributed by atoms with Crippen LogP contribution in [-0.4, -0.2) is 24.1 Å². The molecule has 5 nitrogen and oxygen atoms in total. The molecular formula is C51H31N5S. The van der Waals surface area contributed by atoms with Crippen molar-refractivity contribution in [2.75, 3.05) is 0 Å². The standard InChI is InChI=1S/C51H31N5S/c1-4-16-32(17-5-1)49-52-50(33-18-6-2-7-19-33)54-51(53-49)38-28-29-43(47-37-24-12-15-27-44(37)57-48(38)47)56-40-26-14-11-23-36(40)46-42(56)31-30-41-45(46)35-22-10-13-25-39(35)55(41)34-20-8-3-9-21-34/h1-31H. The quantitative estimate of drug-likeness (QED) is 0.176. The Morgan fingerprint density at radius 3 is 1.47 bits per heavy atom. The van der Waals surface area contributed by atoms with Gasteiger partial charge < -0.3 is 9.13 Å². The van der Waals surface area contributed by atoms with E-state index < -0.39 is 0 Å². The van der Waals surface area contributed by atoms with E-state index in [1.807, 2.05) is 36.4 Å². The summed E-state index contributed by atoms with van der Waals surface area (Å²) in [4.78, 5) is 15.3. The maximum absolute atomic E-state index is 5.18. The molecule has 0 aliphatic rings. The van der Waals surface area contributed by atoms with Gasteiger partial charge in [0, 0.05) is 64.1 Å². The molecule has 6 heteroatoms. The highest BCUT2D eigenvalue weighted by atomic mass is 32.1. The summed E-state index contributed by atoms with van der Waals surface area (Å²) in [6.07, 6.45) is 0. The van der Waals surface area contributed by atoms with E-state index in [4.69, 9.17) is 15.0 Å². The molecule has 0 amide bonds. The molecule has 0 saturated carbocycles. The summed E-state index contributed by atoms with van der Waals surface area (Å²) in [6.45, 7) is 0. The molecule has 8 aromatic carbocycles. The first kappa shape index (κ1) is 31.9. The van der Waals surface area contributed by atoms with Crippen molar-refractivity contribution in [3.05, 3.63) is 188 Å². The van der Waals surface area contributed by atoms with Crippen molar-refractivity contribution in [2.24, 2.45) is 0 Å². The third-order valence-electron chi connectivity index (χ3n) is 11.2. The monoisotopic (exact) mass is 745 g/mol. The van der Waals surface area contributed by atoms with Crippen molar-refractivity contribution in [3.8, 4) is 45.5 Å². The summed E-state index contributed by atoms with van der Waals surface area (Å²) in [5.41, 5.74) is 9.89. The molecule has 0 bridgehead atoms. The van der Waals surface area contributed by atoms with Crippen LogP contribution in [0.4, 0.5) is 0 Å². The second-order valence-corrected chi connectivity index (χ2v) is 15.4. The second-order valence-electron chi connectivity index (χ2n) is 14.4. The zero-order valence-corrected chi connectivity index (χ0v) is 31.4. The molecule has 12 aromatic rings. The number of para-hydroxylation sites is 3. The molecule has 0 atom stereocenters. The van der Waals surface area contributed by atoms with E-state index in [-0.39, 0.29) is 0 Å². The molecule has 0 saturated heterocycles. The minimum atomic E-state index is 0.652. The molecule has 4 aromatic heterocycles. The van der Waals surface area contributed by atoms with E-state index in [2.05, 4.69) is 161 Å². The number of nitrogens with zero attached hydrogens (tertiary/aromatic N) is 5. The molecule has 0 spiro atoms. The molecule has 0 aliphatic carbocycles. The highest BCUT2D eigenvalue weighted by Crippen LogP contribution is 2.47. The van der Waals surface area contributed by atoms with E-state index in [0.29, 0.717) is 17.5 Å². The molecule has 266 valence electrons. The number of hydrogen-bond acceptors (Lipinski definition) is 4. The van der Waals surface area contributed by atoms with Crippen LogP contribution >= 0.6 is 11.3 Å². The van der Waals surface area contributed by atoms with E-state index in [1.54, 1.807) is 11.3 Å². The molecule has 0 radical (unpaired) electrons. The van der Waals surface area contributed by atoms with Crippen LogP contribution in [0.3, 0.4) is 0 Å². The molecule has 57 heavy (non-hydrogen) atoms. The average Bonchev–Trinajstić information content (AvgIpc) is 3.95. The van der Waals surface area contributed by atoms with Crippen LogP contribution in [0.25, 0.3) is 109 Å². The van der Waals surface area contributed by atoms with Crippen LogP contribution in [0.15, 0.2) is 188 Å². The minimum absolute atomic E-state index is 0.652. The molecule has 4 heterocycles. The van der Waals surface area contributed by atoms with E-state index >= 15 is 0 Å². The summed E-state index contributed by atoms with van der Waals surface area (Å²) in [7, 11) is 0. The van der Waals surface area contributed by atoms with Crippen molar-refractivity contribution in [1.29, 1.82) is 0 Å². The van der Waals surface area contributed by atoms with Gasteiger partial charge in [0.25, 0.3) is 0 Å². The summed E-state index contributed by atoms with van der Waals surface area (Å²) >= 11 is 1.80. The third-order valence-corrected chi connectivity index (χ3v) is 12.4. The first-order chi connectivity index (χ1) is 28.3. The number of thiophene rings is 1. The van der Waals surface area contributed by atoms with Gasteiger partial charge in [-0.2, -0.15) is 0 Å². The van der Waals surface area contributed by atoms with Crippen molar-refractivity contribution < 1.29 is 0 Å². The van der Waals surface area contributed by atoms with Gasteiger partial charge in [0.1, 0.15) is 0 Å². The van der Waals surface area contributed by atoms with Gasteiger partial charge in [0.05, 0.1) is 27.8 Å². The molecule has 0 unspecified atom stereocenters. The number of rotatable bonds is 5. The normalized spacial score (nSPS) is 11.9. The Hall–Kier alpha value is -7.41. The van der Waals surface area contributed by atoms with Gasteiger partial charge in [-0.15, -0.1) is 11.3 Å². The van der Waals surface area contributed by atoms with E-state index in [9.17, 15) is 0 Å². The Morgan fingerprint density at radius 2 is 0.842 bits per heavy atom. The average molecular weight is 746 g/mol. The number of benzene rings is 8. The summed E-state index contributed by atoms with van der Waals surface area (Å²) in [6, 6.07) is 66.6. The zero-order chi connectivity index (χ0) is 37.5. The van der Waals surface area contributed by atoms with Crippen LogP contribution in [0.5, 0.6) is 0 Å². The van der Waals surface area contributed by atoms with Crippen LogP contribution in [0, 0.1) is 0 Å². The predicted octanol–water partition coefficient (Wildman–Crippen LogP) is 13.4. The van der Waals surface area contributed by atoms with E-state index in [0.717, 1.165) is 32.8 Å². The van der Waals surface area contributed by atoms with Crippen LogP contribution < -0.4 is 0 Å². The number of hydrogen-bond donors (Lipinski definition) is 0. The first-order valence-electron chi connectivity index (χ1n) is 19.1. The fraction of sp³-hybridized carbons (Fsp3) is 0. The first-order valence-corrected chi connectivity index (χ1v) is 19.9. The summed E-state index contributed by atoms with van der Waals surface area (Å²) in [5, 5.41) is 7.38. The maximum atomic E-state index is 5.18. The fourth-order valence-corrected chi connectivity index (χ4v) is 9.97. The Balaban J connectivity index is 1.17. The lowest BCUT2D eigenvalue weighted by Crippen LogP contribution is -2.01. The van der Waals surface area contributed by atoms with Gasteiger partial charge in [-0.3, -0.25) is 0 Å². The molecule has 0 N–H and O–H groups in total. The van der Waals surface area contributed by atoms with Crippen LogP contribution in [-0.2, 0) is 0 Å². The lowest BCUT2D eigenvalue weighted by atomic mass is 10.0. The van der Waals surface area contributed by atoms with Crippen molar-refractivity contribution in [1.82, 2.24) is 24.1 Å². The van der Waals surface area contributed by atoms with Gasteiger partial charge in [-0.05, 0) is 54.6 Å². The summed E-state index contributed by atoms with van der Waals surface area (Å²) in [5.74, 6) is 1.96. The Kier molecular flexibility index (Phi) is 7.03. The van der Waals surface area contributed by atoms with Crippen LogP contribution in [0.2, 0.25) is 0 Å². The zero-order valence-electron chi connectivity index (χ0n) is 30.5. The number of aromatic nitrogens is 5. The number of fused-ring (bicyclic) bond motifs is 10. The predicted molar refractivity (Wildman–Crippen MR) is 238 cm³/mol. The van der Waals surface area contributed by atoms with Gasteiger partial charge in [-0.1, -0.05) is 133 Å². The summed E-state index contributed by atoms with van der Waals surface area (Å²) < 4.78 is 7.24. The van der Waals surface area contributed by atoms with Crippen LogP contribution in [0.1, 0.15) is 0 Å². The molecule has 12 rings (SSSR count). The Bertz CT molecular complexity index is 3450. The largest absolute Gasteiger partial charge is 0.309 e. The van der Waals surface area contributed by atoms with Crippen molar-refractivity contribution >= 4 is 75.1 Å². The van der Waals surface area contributed by atoms with Gasteiger partial charge in [-0.25, -0.2) is 15.0 Å². The highest BCUT2D eigenvalue weighted by molar-refractivity contribution is 7.26. The third kappa shape index (κ3) is 4.84. The Morgan fingerprint density at radius 1 is 0.351 bits per heavy atom. The van der Waals surface area contributed by atoms with Gasteiger partial charge in [0.15, 0.2) is 17.5 Å². The van der Waals surface area contributed by atoms with Gasteiger partial charge >= 0.3 is 0 Å².